The maximum atomic E-state index is 12.6. The van der Waals surface area contributed by atoms with Crippen LogP contribution in [0.5, 0.6) is 0 Å². The van der Waals surface area contributed by atoms with Crippen LogP contribution in [0.25, 0.3) is 0 Å². The second-order valence-electron chi connectivity index (χ2n) is 7.02. The summed E-state index contributed by atoms with van der Waals surface area (Å²) >= 11 is 0. The number of piperidine rings is 1. The quantitative estimate of drug-likeness (QED) is 0.842. The van der Waals surface area contributed by atoms with Gasteiger partial charge >= 0.3 is 0 Å². The minimum Gasteiger partial charge on any atom is -0.363 e. The zero-order chi connectivity index (χ0) is 16.4. The minimum atomic E-state index is -0.320. The Labute approximate surface area is 142 Å². The van der Waals surface area contributed by atoms with E-state index in [2.05, 4.69) is 22.0 Å². The van der Waals surface area contributed by atoms with Gasteiger partial charge in [-0.15, -0.1) is 0 Å². The maximum absolute atomic E-state index is 12.6. The molecule has 0 saturated carbocycles. The zero-order valence-corrected chi connectivity index (χ0v) is 14.0. The van der Waals surface area contributed by atoms with Crippen LogP contribution in [0.3, 0.4) is 0 Å². The predicted molar refractivity (Wildman–Crippen MR) is 87.8 cm³/mol. The highest BCUT2D eigenvalue weighted by atomic mass is 16.7. The van der Waals surface area contributed by atoms with Gasteiger partial charge in [0, 0.05) is 32.0 Å². The molecular formula is C18H25N3O3. The number of rotatable bonds is 3. The largest absolute Gasteiger partial charge is 0.363 e. The van der Waals surface area contributed by atoms with Gasteiger partial charge in [-0.2, -0.15) is 0 Å². The Balaban J connectivity index is 1.33. The fraction of sp³-hybridized carbons (Fsp3) is 0.667. The first-order valence-electron chi connectivity index (χ1n) is 9.00. The predicted octanol–water partition coefficient (Wildman–Crippen LogP) is 1.61. The first kappa shape index (κ1) is 16.0. The monoisotopic (exact) mass is 331 g/mol. The normalized spacial score (nSPS) is 31.0. The molecule has 130 valence electrons. The van der Waals surface area contributed by atoms with Crippen molar-refractivity contribution in [2.45, 2.75) is 44.4 Å². The average Bonchev–Trinajstić information content (AvgIpc) is 3.06. The van der Waals surface area contributed by atoms with Crippen LogP contribution in [0.1, 0.15) is 31.2 Å². The van der Waals surface area contributed by atoms with E-state index in [1.165, 1.54) is 10.6 Å². The van der Waals surface area contributed by atoms with Gasteiger partial charge in [0.05, 0.1) is 12.7 Å². The number of aromatic nitrogens is 1. The lowest BCUT2D eigenvalue weighted by Crippen LogP contribution is -2.43. The van der Waals surface area contributed by atoms with Crippen molar-refractivity contribution in [2.24, 2.45) is 5.92 Å². The van der Waals surface area contributed by atoms with E-state index < -0.39 is 0 Å². The molecule has 0 aromatic carbocycles. The van der Waals surface area contributed by atoms with Gasteiger partial charge in [0.15, 0.2) is 0 Å². The van der Waals surface area contributed by atoms with Crippen molar-refractivity contribution >= 4 is 5.91 Å². The first-order chi connectivity index (χ1) is 11.8. The van der Waals surface area contributed by atoms with E-state index in [9.17, 15) is 4.79 Å². The van der Waals surface area contributed by atoms with Gasteiger partial charge in [-0.05, 0) is 55.8 Å². The summed E-state index contributed by atoms with van der Waals surface area (Å²) in [7, 11) is 0. The lowest BCUT2D eigenvalue weighted by atomic mass is 9.91. The molecule has 3 atom stereocenters. The number of ether oxygens (including phenoxy) is 1. The third-order valence-electron chi connectivity index (χ3n) is 5.32. The number of nitrogens with zero attached hydrogens (tertiary/aromatic N) is 3. The molecule has 3 fully saturated rings. The number of hydrogen-bond donors (Lipinski definition) is 0. The van der Waals surface area contributed by atoms with Gasteiger partial charge in [-0.3, -0.25) is 19.5 Å². The van der Waals surface area contributed by atoms with Crippen molar-refractivity contribution in [2.75, 3.05) is 26.2 Å². The zero-order valence-electron chi connectivity index (χ0n) is 14.0. The Morgan fingerprint density at radius 2 is 2.12 bits per heavy atom. The van der Waals surface area contributed by atoms with Crippen molar-refractivity contribution in [1.82, 2.24) is 14.9 Å². The van der Waals surface area contributed by atoms with Crippen molar-refractivity contribution in [3.8, 4) is 0 Å². The van der Waals surface area contributed by atoms with E-state index in [0.29, 0.717) is 19.1 Å². The topological polar surface area (TPSA) is 54.9 Å². The van der Waals surface area contributed by atoms with Crippen LogP contribution >= 0.6 is 0 Å². The second kappa shape index (κ2) is 7.17. The second-order valence-corrected chi connectivity index (χ2v) is 7.02. The summed E-state index contributed by atoms with van der Waals surface area (Å²) in [4.78, 5) is 24.6. The Bertz CT molecular complexity index is 562. The highest BCUT2D eigenvalue weighted by molar-refractivity contribution is 5.80. The van der Waals surface area contributed by atoms with Crippen LogP contribution in [0.4, 0.5) is 0 Å². The molecule has 0 radical (unpaired) electrons. The van der Waals surface area contributed by atoms with E-state index in [1.54, 1.807) is 0 Å². The van der Waals surface area contributed by atoms with Gasteiger partial charge in [-0.1, -0.05) is 0 Å². The average molecular weight is 331 g/mol. The number of carbonyl (C=O) groups is 1. The molecule has 3 aliphatic rings. The highest BCUT2D eigenvalue weighted by Crippen LogP contribution is 2.34. The van der Waals surface area contributed by atoms with E-state index in [-0.39, 0.29) is 18.1 Å². The molecule has 6 nitrogen and oxygen atoms in total. The van der Waals surface area contributed by atoms with Gasteiger partial charge < -0.3 is 4.74 Å². The van der Waals surface area contributed by atoms with Crippen molar-refractivity contribution in [1.29, 1.82) is 0 Å². The lowest BCUT2D eigenvalue weighted by molar-refractivity contribution is -0.206. The third-order valence-corrected chi connectivity index (χ3v) is 5.32. The summed E-state index contributed by atoms with van der Waals surface area (Å²) in [5.41, 5.74) is 1.27. The molecule has 4 rings (SSSR count). The standard InChI is InChI=1S/C18H25N3O3/c22-18(21-8-1-2-10-23-21)16-11-15-5-9-20(13-17(15)24-16)12-14-3-6-19-7-4-14/h3-4,6-7,15-17H,1-2,5,8-13H2/t15-,16+,17+/m1/s1. The van der Waals surface area contributed by atoms with Crippen LogP contribution < -0.4 is 0 Å². The molecule has 0 unspecified atom stereocenters. The van der Waals surface area contributed by atoms with Crippen LogP contribution in [-0.2, 0) is 20.9 Å². The Morgan fingerprint density at radius 3 is 2.92 bits per heavy atom. The number of pyridine rings is 1. The van der Waals surface area contributed by atoms with Crippen molar-refractivity contribution in [3.05, 3.63) is 30.1 Å². The van der Waals surface area contributed by atoms with Gasteiger partial charge in [0.25, 0.3) is 5.91 Å². The van der Waals surface area contributed by atoms with Gasteiger partial charge in [-0.25, -0.2) is 5.06 Å². The molecule has 1 aromatic rings. The molecule has 3 aliphatic heterocycles. The summed E-state index contributed by atoms with van der Waals surface area (Å²) in [5, 5.41) is 1.53. The maximum Gasteiger partial charge on any atom is 0.275 e. The number of hydrogen-bond acceptors (Lipinski definition) is 5. The van der Waals surface area contributed by atoms with Crippen LogP contribution in [-0.4, -0.2) is 59.3 Å². The summed E-state index contributed by atoms with van der Waals surface area (Å²) in [6.07, 6.45) is 7.50. The van der Waals surface area contributed by atoms with Crippen LogP contribution in [0, 0.1) is 5.92 Å². The fourth-order valence-electron chi connectivity index (χ4n) is 3.97. The highest BCUT2D eigenvalue weighted by Gasteiger charge is 2.43. The van der Waals surface area contributed by atoms with Gasteiger partial charge in [0.2, 0.25) is 0 Å². The SMILES string of the molecule is O=C([C@@H]1C[C@H]2CCN(Cc3ccncc3)C[C@@H]2O1)N1CCCCO1. The summed E-state index contributed by atoms with van der Waals surface area (Å²) < 4.78 is 6.12. The number of hydroxylamine groups is 2. The Morgan fingerprint density at radius 1 is 1.25 bits per heavy atom. The molecule has 6 heteroatoms. The molecule has 0 bridgehead atoms. The molecule has 24 heavy (non-hydrogen) atoms. The van der Waals surface area contributed by atoms with Crippen LogP contribution in [0.2, 0.25) is 0 Å². The van der Waals surface area contributed by atoms with Crippen LogP contribution in [0.15, 0.2) is 24.5 Å². The van der Waals surface area contributed by atoms with E-state index in [0.717, 1.165) is 45.3 Å². The third kappa shape index (κ3) is 3.45. The molecular weight excluding hydrogens is 306 g/mol. The molecule has 1 aromatic heterocycles. The molecule has 0 spiro atoms. The molecule has 3 saturated heterocycles. The van der Waals surface area contributed by atoms with Crippen molar-refractivity contribution < 1.29 is 14.4 Å². The summed E-state index contributed by atoms with van der Waals surface area (Å²) in [6.45, 7) is 4.22. The minimum absolute atomic E-state index is 0.0183. The summed E-state index contributed by atoms with van der Waals surface area (Å²) in [6, 6.07) is 4.11. The summed E-state index contributed by atoms with van der Waals surface area (Å²) in [5.74, 6) is 0.516. The van der Waals surface area contributed by atoms with E-state index >= 15 is 0 Å². The number of fused-ring (bicyclic) bond motifs is 1. The number of likely N-dealkylation sites (tertiary alicyclic amines) is 1. The first-order valence-corrected chi connectivity index (χ1v) is 9.00. The Hall–Kier alpha value is -1.50. The van der Waals surface area contributed by atoms with Crippen molar-refractivity contribution in [3.63, 3.8) is 0 Å². The smallest absolute Gasteiger partial charge is 0.275 e. The van der Waals surface area contributed by atoms with Gasteiger partial charge in [0.1, 0.15) is 6.10 Å². The van der Waals surface area contributed by atoms with E-state index in [4.69, 9.17) is 9.57 Å². The molecule has 4 heterocycles. The molecule has 1 amide bonds. The number of amides is 1. The lowest BCUT2D eigenvalue weighted by Gasteiger charge is -2.34. The molecule has 0 N–H and O–H groups in total. The van der Waals surface area contributed by atoms with E-state index in [1.807, 2.05) is 12.4 Å². The molecule has 0 aliphatic carbocycles. The fourth-order valence-corrected chi connectivity index (χ4v) is 3.97. The number of carbonyl (C=O) groups excluding carboxylic acids is 1. The Kier molecular flexibility index (Phi) is 4.78.